The number of alkyl halides is 3. The smallest absolute Gasteiger partial charge is 0.243 e. The van der Waals surface area contributed by atoms with Gasteiger partial charge in [0, 0.05) is 0 Å². The Morgan fingerprint density at radius 2 is 2.06 bits per heavy atom. The van der Waals surface area contributed by atoms with E-state index in [0.717, 1.165) is 6.20 Å². The monoisotopic (exact) mass is 266 g/mol. The quantitative estimate of drug-likeness (QED) is 0.712. The van der Waals surface area contributed by atoms with Crippen molar-refractivity contribution in [3.63, 3.8) is 0 Å². The van der Waals surface area contributed by atoms with Crippen LogP contribution in [0.4, 0.5) is 18.0 Å². The summed E-state index contributed by atoms with van der Waals surface area (Å²) < 4.78 is 37.9. The molecule has 7 nitrogen and oxygen atoms in total. The zero-order chi connectivity index (χ0) is 12.6. The molecule has 2 rings (SSSR count). The summed E-state index contributed by atoms with van der Waals surface area (Å²) in [4.78, 5) is 11.5. The molecule has 0 spiro atoms. The van der Waals surface area contributed by atoms with Crippen LogP contribution in [-0.2, 0) is 6.18 Å². The van der Waals surface area contributed by atoms with E-state index >= 15 is 0 Å². The van der Waals surface area contributed by atoms with Gasteiger partial charge >= 0.3 is 12.2 Å². The first-order valence-electron chi connectivity index (χ1n) is 4.00. The molecule has 0 bridgehead atoms. The van der Waals surface area contributed by atoms with Crippen LogP contribution in [0.1, 0.15) is 5.69 Å². The van der Waals surface area contributed by atoms with Gasteiger partial charge in [-0.2, -0.15) is 17.9 Å². The molecular weight excluding hydrogens is 265 g/mol. The molecule has 0 aliphatic heterocycles. The van der Waals surface area contributed by atoms with E-state index < -0.39 is 23.1 Å². The molecule has 0 aromatic carbocycles. The Bertz CT molecular complexity index is 547. The summed E-state index contributed by atoms with van der Waals surface area (Å²) in [6.07, 6.45) is -2.47. The van der Waals surface area contributed by atoms with Crippen molar-refractivity contribution in [1.29, 1.82) is 0 Å². The molecule has 0 N–H and O–H groups in total. The summed E-state index contributed by atoms with van der Waals surface area (Å²) in [5.74, 6) is 0. The van der Waals surface area contributed by atoms with Crippen molar-refractivity contribution < 1.29 is 18.0 Å². The van der Waals surface area contributed by atoms with Crippen LogP contribution >= 0.6 is 11.6 Å². The second-order valence-electron chi connectivity index (χ2n) is 2.77. The van der Waals surface area contributed by atoms with Crippen LogP contribution in [0.2, 0.25) is 5.15 Å². The molecular formula is C6H2ClF3N6O. The molecule has 17 heavy (non-hydrogen) atoms. The van der Waals surface area contributed by atoms with E-state index in [0.29, 0.717) is 4.68 Å². The van der Waals surface area contributed by atoms with E-state index in [4.69, 9.17) is 11.6 Å². The van der Waals surface area contributed by atoms with E-state index in [1.807, 2.05) is 0 Å². The average molecular weight is 267 g/mol. The summed E-state index contributed by atoms with van der Waals surface area (Å²) in [6, 6.07) is -1.02. The fraction of sp³-hybridized carbons (Fsp3) is 0.167. The average Bonchev–Trinajstić information content (AvgIpc) is 2.83. The first-order chi connectivity index (χ1) is 7.91. The molecule has 11 heteroatoms. The summed E-state index contributed by atoms with van der Waals surface area (Å²) in [5.41, 5.74) is -1.44. The van der Waals surface area contributed by atoms with E-state index in [2.05, 4.69) is 20.6 Å². The molecule has 0 radical (unpaired) electrons. The first kappa shape index (κ1) is 11.5. The van der Waals surface area contributed by atoms with Crippen LogP contribution in [0.15, 0.2) is 12.4 Å². The van der Waals surface area contributed by atoms with Crippen LogP contribution < -0.4 is 0 Å². The lowest BCUT2D eigenvalue weighted by Crippen LogP contribution is -2.21. The number of nitrogens with zero attached hydrogens (tertiary/aromatic N) is 6. The lowest BCUT2D eigenvalue weighted by atomic mass is 10.5. The van der Waals surface area contributed by atoms with Crippen LogP contribution in [0.3, 0.4) is 0 Å². The lowest BCUT2D eigenvalue weighted by molar-refractivity contribution is -0.141. The van der Waals surface area contributed by atoms with Gasteiger partial charge in [0.2, 0.25) is 5.69 Å². The Balaban J connectivity index is 2.42. The zero-order valence-corrected chi connectivity index (χ0v) is 8.51. The number of hydrogen-bond donors (Lipinski definition) is 0. The number of halogens is 4. The maximum absolute atomic E-state index is 12.3. The van der Waals surface area contributed by atoms with Gasteiger partial charge in [-0.1, -0.05) is 22.0 Å². The SMILES string of the molecule is O=C(n1ccnn1)n1nnc(C(F)(F)F)c1Cl. The third-order valence-corrected chi connectivity index (χ3v) is 2.02. The highest BCUT2D eigenvalue weighted by Gasteiger charge is 2.39. The molecule has 0 saturated carbocycles. The molecule has 90 valence electrons. The normalized spacial score (nSPS) is 11.8. The van der Waals surface area contributed by atoms with Crippen molar-refractivity contribution in [3.8, 4) is 0 Å². The summed E-state index contributed by atoms with van der Waals surface area (Å²) in [6.45, 7) is 0. The molecule has 0 unspecified atom stereocenters. The Morgan fingerprint density at radius 1 is 1.35 bits per heavy atom. The van der Waals surface area contributed by atoms with Gasteiger partial charge < -0.3 is 0 Å². The van der Waals surface area contributed by atoms with Gasteiger partial charge in [-0.3, -0.25) is 0 Å². The number of rotatable bonds is 0. The summed E-state index contributed by atoms with van der Waals surface area (Å²) in [7, 11) is 0. The Kier molecular flexibility index (Phi) is 2.58. The Morgan fingerprint density at radius 3 is 2.53 bits per heavy atom. The number of carbonyl (C=O) groups is 1. The lowest BCUT2D eigenvalue weighted by Gasteiger charge is -2.02. The van der Waals surface area contributed by atoms with Crippen molar-refractivity contribution in [1.82, 2.24) is 30.0 Å². The van der Waals surface area contributed by atoms with Gasteiger partial charge in [-0.05, 0) is 0 Å². The van der Waals surface area contributed by atoms with Crippen molar-refractivity contribution >= 4 is 17.6 Å². The molecule has 0 amide bonds. The molecule has 0 saturated heterocycles. The van der Waals surface area contributed by atoms with Crippen LogP contribution in [0.25, 0.3) is 0 Å². The maximum Gasteiger partial charge on any atom is 0.438 e. The van der Waals surface area contributed by atoms with Gasteiger partial charge in [0.05, 0.1) is 12.4 Å². The number of aromatic nitrogens is 6. The van der Waals surface area contributed by atoms with Crippen LogP contribution in [0, 0.1) is 0 Å². The molecule has 0 atom stereocenters. The zero-order valence-electron chi connectivity index (χ0n) is 7.76. The summed E-state index contributed by atoms with van der Waals surface area (Å²) >= 11 is 5.36. The second kappa shape index (κ2) is 3.80. The Hall–Kier alpha value is -1.97. The van der Waals surface area contributed by atoms with E-state index in [1.165, 1.54) is 6.20 Å². The summed E-state index contributed by atoms with van der Waals surface area (Å²) in [5, 5.41) is 11.5. The van der Waals surface area contributed by atoms with Crippen molar-refractivity contribution in [3.05, 3.63) is 23.2 Å². The minimum atomic E-state index is -4.78. The predicted octanol–water partition coefficient (Wildman–Crippen LogP) is 1.06. The highest BCUT2D eigenvalue weighted by molar-refractivity contribution is 6.31. The largest absolute Gasteiger partial charge is 0.438 e. The van der Waals surface area contributed by atoms with E-state index in [9.17, 15) is 18.0 Å². The van der Waals surface area contributed by atoms with Gasteiger partial charge in [-0.25, -0.2) is 4.79 Å². The topological polar surface area (TPSA) is 78.5 Å². The fourth-order valence-corrected chi connectivity index (χ4v) is 1.22. The van der Waals surface area contributed by atoms with E-state index in [-0.39, 0.29) is 4.68 Å². The van der Waals surface area contributed by atoms with Crippen LogP contribution in [-0.4, -0.2) is 36.0 Å². The fourth-order valence-electron chi connectivity index (χ4n) is 0.973. The third kappa shape index (κ3) is 1.98. The van der Waals surface area contributed by atoms with Crippen molar-refractivity contribution in [2.45, 2.75) is 6.18 Å². The van der Waals surface area contributed by atoms with Gasteiger partial charge in [0.25, 0.3) is 0 Å². The van der Waals surface area contributed by atoms with Crippen LogP contribution in [0.5, 0.6) is 0 Å². The third-order valence-electron chi connectivity index (χ3n) is 1.68. The number of hydrogen-bond acceptors (Lipinski definition) is 5. The molecule has 0 aliphatic rings. The Labute approximate surface area is 95.8 Å². The number of carbonyl (C=O) groups excluding carboxylic acids is 1. The van der Waals surface area contributed by atoms with Gasteiger partial charge in [0.1, 0.15) is 0 Å². The predicted molar refractivity (Wildman–Crippen MR) is 46.2 cm³/mol. The van der Waals surface area contributed by atoms with Gasteiger partial charge in [0.15, 0.2) is 5.15 Å². The highest BCUT2D eigenvalue weighted by atomic mass is 35.5. The second-order valence-corrected chi connectivity index (χ2v) is 3.13. The highest BCUT2D eigenvalue weighted by Crippen LogP contribution is 2.32. The standard InChI is InChI=1S/C6H2ClF3N6O/c7-4-3(6(8,9)10)12-14-16(4)5(17)15-2-1-11-13-15/h1-2H. The minimum Gasteiger partial charge on any atom is -0.243 e. The van der Waals surface area contributed by atoms with Crippen molar-refractivity contribution in [2.75, 3.05) is 0 Å². The maximum atomic E-state index is 12.3. The molecule has 2 heterocycles. The molecule has 2 aromatic rings. The molecule has 0 aliphatic carbocycles. The van der Waals surface area contributed by atoms with Crippen molar-refractivity contribution in [2.24, 2.45) is 0 Å². The van der Waals surface area contributed by atoms with Gasteiger partial charge in [-0.15, -0.1) is 14.9 Å². The van der Waals surface area contributed by atoms with E-state index in [1.54, 1.807) is 0 Å². The first-order valence-corrected chi connectivity index (χ1v) is 4.38. The minimum absolute atomic E-state index is 0.277. The molecule has 2 aromatic heterocycles. The molecule has 0 fully saturated rings.